The molecular formula is C21H22N4O4. The summed E-state index contributed by atoms with van der Waals surface area (Å²) in [5.41, 5.74) is 2.35. The summed E-state index contributed by atoms with van der Waals surface area (Å²) in [6, 6.07) is 13.8. The zero-order chi connectivity index (χ0) is 20.4. The van der Waals surface area contributed by atoms with Gasteiger partial charge in [-0.1, -0.05) is 24.3 Å². The standard InChI is InChI=1S/C21H22N4O4/c26-20(24-13-10-15-6-7-18(25(28)29)14-19(15)24)16-8-11-23(12-9-16)21(27)22-17-4-2-1-3-5-17/h1-7,14,16H,8-13H2,(H,22,27). The summed E-state index contributed by atoms with van der Waals surface area (Å²) in [5.74, 6) is -0.187. The number of nitrogens with zero attached hydrogens (tertiary/aromatic N) is 3. The van der Waals surface area contributed by atoms with Gasteiger partial charge in [-0.15, -0.1) is 0 Å². The number of carbonyl (C=O) groups excluding carboxylic acids is 2. The third-order valence-electron chi connectivity index (χ3n) is 5.60. The molecule has 0 aliphatic carbocycles. The van der Waals surface area contributed by atoms with Crippen LogP contribution in [0.2, 0.25) is 0 Å². The summed E-state index contributed by atoms with van der Waals surface area (Å²) in [6.45, 7) is 1.56. The molecule has 8 heteroatoms. The van der Waals surface area contributed by atoms with Gasteiger partial charge >= 0.3 is 6.03 Å². The van der Waals surface area contributed by atoms with Crippen LogP contribution in [0.1, 0.15) is 18.4 Å². The zero-order valence-corrected chi connectivity index (χ0v) is 15.9. The Bertz CT molecular complexity index is 939. The lowest BCUT2D eigenvalue weighted by molar-refractivity contribution is -0.384. The fraction of sp³-hybridized carbons (Fsp3) is 0.333. The number of urea groups is 1. The predicted molar refractivity (Wildman–Crippen MR) is 109 cm³/mol. The molecule has 0 aromatic heterocycles. The van der Waals surface area contributed by atoms with Crippen LogP contribution in [0.3, 0.4) is 0 Å². The first-order chi connectivity index (χ1) is 14.0. The Morgan fingerprint density at radius 2 is 1.76 bits per heavy atom. The van der Waals surface area contributed by atoms with Gasteiger partial charge < -0.3 is 15.1 Å². The van der Waals surface area contributed by atoms with Crippen molar-refractivity contribution in [3.05, 3.63) is 64.2 Å². The number of para-hydroxylation sites is 1. The molecule has 2 aromatic rings. The van der Waals surface area contributed by atoms with Gasteiger partial charge in [-0.25, -0.2) is 4.79 Å². The fourth-order valence-electron chi connectivity index (χ4n) is 3.98. The maximum atomic E-state index is 13.0. The largest absolute Gasteiger partial charge is 0.324 e. The molecule has 0 atom stereocenters. The van der Waals surface area contributed by atoms with E-state index in [1.54, 1.807) is 15.9 Å². The van der Waals surface area contributed by atoms with Gasteiger partial charge in [0.05, 0.1) is 10.6 Å². The van der Waals surface area contributed by atoms with E-state index >= 15 is 0 Å². The van der Waals surface area contributed by atoms with Gasteiger partial charge in [0, 0.05) is 43.4 Å². The average molecular weight is 394 g/mol. The van der Waals surface area contributed by atoms with Gasteiger partial charge in [0.15, 0.2) is 0 Å². The second-order valence-electron chi connectivity index (χ2n) is 7.37. The van der Waals surface area contributed by atoms with Crippen LogP contribution in [0.4, 0.5) is 21.9 Å². The minimum Gasteiger partial charge on any atom is -0.324 e. The first kappa shape index (κ1) is 18.9. The minimum absolute atomic E-state index is 0.00384. The van der Waals surface area contributed by atoms with Crippen molar-refractivity contribution in [1.82, 2.24) is 4.90 Å². The van der Waals surface area contributed by atoms with Gasteiger partial charge in [-0.3, -0.25) is 14.9 Å². The SMILES string of the molecule is O=C(Nc1ccccc1)N1CCC(C(=O)N2CCc3ccc([N+](=O)[O-])cc32)CC1. The summed E-state index contributed by atoms with van der Waals surface area (Å²) in [5, 5.41) is 13.9. The van der Waals surface area contributed by atoms with Crippen LogP contribution in [-0.2, 0) is 11.2 Å². The quantitative estimate of drug-likeness (QED) is 0.637. The highest BCUT2D eigenvalue weighted by Crippen LogP contribution is 2.34. The van der Waals surface area contributed by atoms with Gasteiger partial charge in [-0.2, -0.15) is 0 Å². The van der Waals surface area contributed by atoms with Crippen LogP contribution in [0.15, 0.2) is 48.5 Å². The highest BCUT2D eigenvalue weighted by Gasteiger charge is 2.34. The van der Waals surface area contributed by atoms with Crippen molar-refractivity contribution in [3.8, 4) is 0 Å². The lowest BCUT2D eigenvalue weighted by atomic mass is 9.95. The monoisotopic (exact) mass is 394 g/mol. The van der Waals surface area contributed by atoms with Crippen molar-refractivity contribution in [2.45, 2.75) is 19.3 Å². The van der Waals surface area contributed by atoms with Crippen LogP contribution in [0.5, 0.6) is 0 Å². The Kier molecular flexibility index (Phi) is 5.16. The van der Waals surface area contributed by atoms with E-state index in [1.165, 1.54) is 12.1 Å². The molecule has 8 nitrogen and oxygen atoms in total. The Morgan fingerprint density at radius 3 is 2.45 bits per heavy atom. The van der Waals surface area contributed by atoms with Gasteiger partial charge in [-0.05, 0) is 37.0 Å². The van der Waals surface area contributed by atoms with Crippen LogP contribution < -0.4 is 10.2 Å². The summed E-state index contributed by atoms with van der Waals surface area (Å²) in [4.78, 5) is 39.5. The Morgan fingerprint density at radius 1 is 1.03 bits per heavy atom. The Labute approximate surface area is 168 Å². The van der Waals surface area contributed by atoms with E-state index in [9.17, 15) is 19.7 Å². The van der Waals surface area contributed by atoms with E-state index in [-0.39, 0.29) is 23.5 Å². The van der Waals surface area contributed by atoms with Gasteiger partial charge in [0.1, 0.15) is 0 Å². The molecule has 0 radical (unpaired) electrons. The van der Waals surface area contributed by atoms with Crippen molar-refractivity contribution in [1.29, 1.82) is 0 Å². The number of likely N-dealkylation sites (tertiary alicyclic amines) is 1. The number of hydrogen-bond donors (Lipinski definition) is 1. The van der Waals surface area contributed by atoms with E-state index in [0.29, 0.717) is 44.6 Å². The van der Waals surface area contributed by atoms with E-state index in [1.807, 2.05) is 30.3 Å². The molecule has 2 aliphatic heterocycles. The van der Waals surface area contributed by atoms with E-state index in [0.717, 1.165) is 11.3 Å². The minimum atomic E-state index is -0.439. The molecule has 2 heterocycles. The first-order valence-corrected chi connectivity index (χ1v) is 9.72. The number of nitro benzene ring substituents is 1. The lowest BCUT2D eigenvalue weighted by Crippen LogP contribution is -2.45. The molecular weight excluding hydrogens is 372 g/mol. The van der Waals surface area contributed by atoms with Crippen molar-refractivity contribution in [2.24, 2.45) is 5.92 Å². The number of non-ortho nitro benzene ring substituents is 1. The number of rotatable bonds is 3. The van der Waals surface area contributed by atoms with Crippen LogP contribution in [0, 0.1) is 16.0 Å². The number of nitrogens with one attached hydrogen (secondary N) is 1. The molecule has 2 aliphatic rings. The summed E-state index contributed by atoms with van der Waals surface area (Å²) >= 11 is 0. The lowest BCUT2D eigenvalue weighted by Gasteiger charge is -2.33. The number of fused-ring (bicyclic) bond motifs is 1. The third kappa shape index (κ3) is 3.91. The Balaban J connectivity index is 1.37. The van der Waals surface area contributed by atoms with Crippen LogP contribution in [0.25, 0.3) is 0 Å². The number of amides is 3. The molecule has 0 spiro atoms. The second kappa shape index (κ2) is 7.90. The summed E-state index contributed by atoms with van der Waals surface area (Å²) in [6.07, 6.45) is 1.88. The third-order valence-corrected chi connectivity index (χ3v) is 5.60. The number of anilines is 2. The first-order valence-electron chi connectivity index (χ1n) is 9.72. The Hall–Kier alpha value is -3.42. The molecule has 29 heavy (non-hydrogen) atoms. The maximum absolute atomic E-state index is 13.0. The maximum Gasteiger partial charge on any atom is 0.321 e. The second-order valence-corrected chi connectivity index (χ2v) is 7.37. The topological polar surface area (TPSA) is 95.8 Å². The molecule has 4 rings (SSSR count). The van der Waals surface area contributed by atoms with Gasteiger partial charge in [0.25, 0.3) is 5.69 Å². The number of piperidine rings is 1. The molecule has 150 valence electrons. The smallest absolute Gasteiger partial charge is 0.321 e. The van der Waals surface area contributed by atoms with E-state index in [4.69, 9.17) is 0 Å². The highest BCUT2D eigenvalue weighted by atomic mass is 16.6. The molecule has 1 saturated heterocycles. The number of benzene rings is 2. The molecule has 1 N–H and O–H groups in total. The average Bonchev–Trinajstić information content (AvgIpc) is 3.17. The molecule has 1 fully saturated rings. The van der Waals surface area contributed by atoms with Gasteiger partial charge in [0.2, 0.25) is 5.91 Å². The molecule has 3 amide bonds. The molecule has 0 bridgehead atoms. The predicted octanol–water partition coefficient (Wildman–Crippen LogP) is 3.43. The number of carbonyl (C=O) groups is 2. The van der Waals surface area contributed by atoms with E-state index in [2.05, 4.69) is 5.32 Å². The fourth-order valence-corrected chi connectivity index (χ4v) is 3.98. The van der Waals surface area contributed by atoms with Crippen molar-refractivity contribution < 1.29 is 14.5 Å². The summed E-state index contributed by atoms with van der Waals surface area (Å²) < 4.78 is 0. The molecule has 2 aromatic carbocycles. The van der Waals surface area contributed by atoms with Crippen molar-refractivity contribution in [2.75, 3.05) is 29.9 Å². The molecule has 0 unspecified atom stereocenters. The van der Waals surface area contributed by atoms with Crippen molar-refractivity contribution >= 4 is 29.0 Å². The normalized spacial score (nSPS) is 16.4. The molecule has 0 saturated carbocycles. The van der Waals surface area contributed by atoms with Crippen molar-refractivity contribution in [3.63, 3.8) is 0 Å². The number of nitro groups is 1. The van der Waals surface area contributed by atoms with Crippen LogP contribution >= 0.6 is 0 Å². The zero-order valence-electron chi connectivity index (χ0n) is 15.9. The van der Waals surface area contributed by atoms with E-state index < -0.39 is 4.92 Å². The van der Waals surface area contributed by atoms with Crippen LogP contribution in [-0.4, -0.2) is 41.4 Å². The highest BCUT2D eigenvalue weighted by molar-refractivity contribution is 5.97. The number of hydrogen-bond acceptors (Lipinski definition) is 4. The summed E-state index contributed by atoms with van der Waals surface area (Å²) in [7, 11) is 0.